The van der Waals surface area contributed by atoms with Gasteiger partial charge >= 0.3 is 5.97 Å². The van der Waals surface area contributed by atoms with Crippen LogP contribution in [0.15, 0.2) is 12.2 Å². The zero-order chi connectivity index (χ0) is 9.84. The largest absolute Gasteiger partial charge is 0.481 e. The molecule has 0 saturated carbocycles. The molecule has 1 N–H and O–H groups in total. The molecule has 1 fully saturated rings. The molecule has 1 aliphatic heterocycles. The summed E-state index contributed by atoms with van der Waals surface area (Å²) in [5.41, 5.74) is 1.15. The number of carboxylic acids is 1. The Kier molecular flexibility index (Phi) is 3.48. The Morgan fingerprint density at radius 3 is 2.92 bits per heavy atom. The van der Waals surface area contributed by atoms with Gasteiger partial charge in [-0.05, 0) is 25.8 Å². The van der Waals surface area contributed by atoms with Crippen LogP contribution in [0.2, 0.25) is 0 Å². The van der Waals surface area contributed by atoms with E-state index in [-0.39, 0.29) is 0 Å². The highest BCUT2D eigenvalue weighted by Gasteiger charge is 2.23. The normalized spacial score (nSPS) is 23.3. The molecule has 1 heterocycles. The average molecular weight is 183 g/mol. The van der Waals surface area contributed by atoms with Crippen LogP contribution < -0.4 is 0 Å². The third-order valence-electron chi connectivity index (χ3n) is 2.33. The van der Waals surface area contributed by atoms with E-state index in [9.17, 15) is 4.79 Å². The lowest BCUT2D eigenvalue weighted by Gasteiger charge is -2.14. The third kappa shape index (κ3) is 3.59. The van der Waals surface area contributed by atoms with Crippen molar-refractivity contribution in [2.75, 3.05) is 19.6 Å². The fourth-order valence-electron chi connectivity index (χ4n) is 1.85. The molecule has 1 rings (SSSR count). The van der Waals surface area contributed by atoms with Crippen LogP contribution in [0.1, 0.15) is 19.8 Å². The van der Waals surface area contributed by atoms with Gasteiger partial charge in [-0.15, -0.1) is 0 Å². The Morgan fingerprint density at radius 1 is 1.69 bits per heavy atom. The van der Waals surface area contributed by atoms with Crippen LogP contribution in [0.5, 0.6) is 0 Å². The summed E-state index contributed by atoms with van der Waals surface area (Å²) in [6.45, 7) is 8.70. The zero-order valence-electron chi connectivity index (χ0n) is 8.12. The first-order chi connectivity index (χ1) is 6.08. The lowest BCUT2D eigenvalue weighted by Crippen LogP contribution is -2.22. The number of carbonyl (C=O) groups is 1. The lowest BCUT2D eigenvalue weighted by molar-refractivity contribution is -0.138. The van der Waals surface area contributed by atoms with E-state index in [4.69, 9.17) is 5.11 Å². The van der Waals surface area contributed by atoms with Crippen LogP contribution >= 0.6 is 0 Å². The Morgan fingerprint density at radius 2 is 2.38 bits per heavy atom. The summed E-state index contributed by atoms with van der Waals surface area (Å²) in [6, 6.07) is 0. The smallest absolute Gasteiger partial charge is 0.303 e. The Labute approximate surface area is 79.0 Å². The molecule has 0 radical (unpaired) electrons. The molecular formula is C10H17NO2. The molecule has 0 aromatic heterocycles. The molecule has 1 unspecified atom stereocenters. The molecule has 0 spiro atoms. The number of aliphatic carboxylic acids is 1. The fraction of sp³-hybridized carbons (Fsp3) is 0.700. The minimum Gasteiger partial charge on any atom is -0.481 e. The summed E-state index contributed by atoms with van der Waals surface area (Å²) in [5, 5.41) is 8.61. The van der Waals surface area contributed by atoms with Crippen LogP contribution in [0.4, 0.5) is 0 Å². The van der Waals surface area contributed by atoms with E-state index in [1.807, 2.05) is 6.92 Å². The predicted molar refractivity (Wildman–Crippen MR) is 51.6 cm³/mol. The van der Waals surface area contributed by atoms with Crippen molar-refractivity contribution in [3.05, 3.63) is 12.2 Å². The summed E-state index contributed by atoms with van der Waals surface area (Å²) in [4.78, 5) is 12.7. The first kappa shape index (κ1) is 10.3. The summed E-state index contributed by atoms with van der Waals surface area (Å²) in [5.74, 6) is -0.334. The molecule has 3 heteroatoms. The minimum absolute atomic E-state index is 0.312. The van der Waals surface area contributed by atoms with Crippen LogP contribution in [0, 0.1) is 5.92 Å². The number of likely N-dealkylation sites (tertiary alicyclic amines) is 1. The highest BCUT2D eigenvalue weighted by Crippen LogP contribution is 2.19. The number of hydrogen-bond donors (Lipinski definition) is 1. The van der Waals surface area contributed by atoms with Crippen molar-refractivity contribution in [3.8, 4) is 0 Å². The second-order valence-corrected chi connectivity index (χ2v) is 3.94. The van der Waals surface area contributed by atoms with Crippen LogP contribution in [0.3, 0.4) is 0 Å². The molecule has 0 amide bonds. The SMILES string of the molecule is C=C(C)CN1CCC(CC(=O)O)C1. The van der Waals surface area contributed by atoms with E-state index in [1.165, 1.54) is 0 Å². The van der Waals surface area contributed by atoms with Crippen molar-refractivity contribution in [1.29, 1.82) is 0 Å². The summed E-state index contributed by atoms with van der Waals surface area (Å²) >= 11 is 0. The first-order valence-corrected chi connectivity index (χ1v) is 4.66. The Hall–Kier alpha value is -0.830. The van der Waals surface area contributed by atoms with Gasteiger partial charge in [0.05, 0.1) is 0 Å². The van der Waals surface area contributed by atoms with Crippen molar-refractivity contribution in [2.45, 2.75) is 19.8 Å². The monoisotopic (exact) mass is 183 g/mol. The first-order valence-electron chi connectivity index (χ1n) is 4.66. The molecular weight excluding hydrogens is 166 g/mol. The van der Waals surface area contributed by atoms with E-state index in [1.54, 1.807) is 0 Å². The average Bonchev–Trinajstić information content (AvgIpc) is 2.33. The van der Waals surface area contributed by atoms with E-state index in [0.717, 1.165) is 31.6 Å². The van der Waals surface area contributed by atoms with E-state index >= 15 is 0 Å². The molecule has 0 aliphatic carbocycles. The number of carboxylic acid groups (broad SMARTS) is 1. The molecule has 0 bridgehead atoms. The van der Waals surface area contributed by atoms with Gasteiger partial charge in [-0.3, -0.25) is 9.69 Å². The zero-order valence-corrected chi connectivity index (χ0v) is 8.12. The minimum atomic E-state index is -0.679. The van der Waals surface area contributed by atoms with Gasteiger partial charge in [0.15, 0.2) is 0 Å². The van der Waals surface area contributed by atoms with Crippen molar-refractivity contribution < 1.29 is 9.90 Å². The Bertz CT molecular complexity index is 191. The van der Waals surface area contributed by atoms with Crippen molar-refractivity contribution in [1.82, 2.24) is 4.90 Å². The molecule has 0 aromatic rings. The van der Waals surface area contributed by atoms with Gasteiger partial charge < -0.3 is 5.11 Å². The second kappa shape index (κ2) is 4.42. The van der Waals surface area contributed by atoms with E-state index in [2.05, 4.69) is 11.5 Å². The third-order valence-corrected chi connectivity index (χ3v) is 2.33. The van der Waals surface area contributed by atoms with Crippen molar-refractivity contribution >= 4 is 5.97 Å². The second-order valence-electron chi connectivity index (χ2n) is 3.94. The molecule has 1 atom stereocenters. The fourth-order valence-corrected chi connectivity index (χ4v) is 1.85. The maximum Gasteiger partial charge on any atom is 0.303 e. The van der Waals surface area contributed by atoms with Gasteiger partial charge in [-0.1, -0.05) is 12.2 Å². The highest BCUT2D eigenvalue weighted by atomic mass is 16.4. The van der Waals surface area contributed by atoms with Gasteiger partial charge in [0, 0.05) is 19.5 Å². The van der Waals surface area contributed by atoms with Crippen LogP contribution in [-0.4, -0.2) is 35.6 Å². The van der Waals surface area contributed by atoms with Gasteiger partial charge in [-0.2, -0.15) is 0 Å². The maximum absolute atomic E-state index is 10.4. The molecule has 0 aromatic carbocycles. The summed E-state index contributed by atoms with van der Waals surface area (Å²) < 4.78 is 0. The molecule has 1 aliphatic rings. The number of nitrogens with zero attached hydrogens (tertiary/aromatic N) is 1. The van der Waals surface area contributed by atoms with Gasteiger partial charge in [-0.25, -0.2) is 0 Å². The standard InChI is InChI=1S/C10H17NO2/c1-8(2)6-11-4-3-9(7-11)5-10(12)13/h9H,1,3-7H2,2H3,(H,12,13). The summed E-state index contributed by atoms with van der Waals surface area (Å²) in [6.07, 6.45) is 1.33. The number of hydrogen-bond acceptors (Lipinski definition) is 2. The number of rotatable bonds is 4. The molecule has 1 saturated heterocycles. The lowest BCUT2D eigenvalue weighted by atomic mass is 10.1. The van der Waals surface area contributed by atoms with Crippen molar-refractivity contribution in [3.63, 3.8) is 0 Å². The highest BCUT2D eigenvalue weighted by molar-refractivity contribution is 5.67. The van der Waals surface area contributed by atoms with E-state index < -0.39 is 5.97 Å². The molecule has 74 valence electrons. The Balaban J connectivity index is 2.27. The van der Waals surface area contributed by atoms with Gasteiger partial charge in [0.1, 0.15) is 0 Å². The van der Waals surface area contributed by atoms with E-state index in [0.29, 0.717) is 12.3 Å². The predicted octanol–water partition coefficient (Wildman–Crippen LogP) is 1.36. The maximum atomic E-state index is 10.4. The van der Waals surface area contributed by atoms with Gasteiger partial charge in [0.2, 0.25) is 0 Å². The quantitative estimate of drug-likeness (QED) is 0.669. The van der Waals surface area contributed by atoms with Crippen LogP contribution in [0.25, 0.3) is 0 Å². The van der Waals surface area contributed by atoms with Crippen molar-refractivity contribution in [2.24, 2.45) is 5.92 Å². The molecule has 3 nitrogen and oxygen atoms in total. The van der Waals surface area contributed by atoms with Crippen LogP contribution in [-0.2, 0) is 4.79 Å². The van der Waals surface area contributed by atoms with Gasteiger partial charge in [0.25, 0.3) is 0 Å². The summed E-state index contributed by atoms with van der Waals surface area (Å²) in [7, 11) is 0. The molecule has 13 heavy (non-hydrogen) atoms. The topological polar surface area (TPSA) is 40.5 Å².